The number of fused-ring (bicyclic) bond motifs is 6. The Labute approximate surface area is 269 Å². The van der Waals surface area contributed by atoms with Gasteiger partial charge in [0.05, 0.1) is 10.4 Å². The molecule has 0 fully saturated rings. The predicted molar refractivity (Wildman–Crippen MR) is 198 cm³/mol. The molecule has 0 bridgehead atoms. The summed E-state index contributed by atoms with van der Waals surface area (Å²) in [6.07, 6.45) is 0. The zero-order valence-corrected chi connectivity index (χ0v) is 26.0. The molecule has 0 unspecified atom stereocenters. The van der Waals surface area contributed by atoms with Crippen molar-refractivity contribution in [1.82, 2.24) is 0 Å². The molecule has 9 rings (SSSR count). The molecule has 0 radical (unpaired) electrons. The maximum atomic E-state index is 2.45. The molecule has 0 aliphatic rings. The molecule has 0 aliphatic carbocycles. The summed E-state index contributed by atoms with van der Waals surface area (Å²) >= 11 is 3.75. The molecule has 0 spiro atoms. The van der Waals surface area contributed by atoms with Crippen LogP contribution in [0.5, 0.6) is 0 Å². The second-order valence-corrected chi connectivity index (χ2v) is 13.4. The smallest absolute Gasteiger partial charge is 0.0718 e. The summed E-state index contributed by atoms with van der Waals surface area (Å²) in [4.78, 5) is 2.45. The fourth-order valence-electron chi connectivity index (χ4n) is 6.64. The first-order chi connectivity index (χ1) is 22.3. The number of thiophene rings is 2. The number of para-hydroxylation sites is 1. The molecule has 0 saturated heterocycles. The van der Waals surface area contributed by atoms with Crippen LogP contribution in [0.3, 0.4) is 0 Å². The molecule has 0 saturated carbocycles. The molecule has 0 N–H and O–H groups in total. The average Bonchev–Trinajstić information content (AvgIpc) is 3.68. The lowest BCUT2D eigenvalue weighted by Crippen LogP contribution is -2.11. The fourth-order valence-corrected chi connectivity index (χ4v) is 9.01. The maximum Gasteiger partial charge on any atom is 0.0718 e. The number of anilines is 3. The molecule has 45 heavy (non-hydrogen) atoms. The third kappa shape index (κ3) is 4.35. The second kappa shape index (κ2) is 10.7. The van der Waals surface area contributed by atoms with Crippen molar-refractivity contribution in [2.24, 2.45) is 0 Å². The summed E-state index contributed by atoms with van der Waals surface area (Å²) < 4.78 is 5.25. The van der Waals surface area contributed by atoms with Gasteiger partial charge in [-0.3, -0.25) is 0 Å². The zero-order valence-electron chi connectivity index (χ0n) is 24.4. The Hall–Kier alpha value is -5.22. The average molecular weight is 610 g/mol. The van der Waals surface area contributed by atoms with Gasteiger partial charge in [0.1, 0.15) is 0 Å². The van der Waals surface area contributed by atoms with Gasteiger partial charge in [-0.1, -0.05) is 121 Å². The number of hydrogen-bond donors (Lipinski definition) is 0. The summed E-state index contributed by atoms with van der Waals surface area (Å²) in [6, 6.07) is 59.5. The Balaban J connectivity index is 1.28. The first-order valence-corrected chi connectivity index (χ1v) is 16.8. The Morgan fingerprint density at radius 2 is 0.956 bits per heavy atom. The molecule has 2 heterocycles. The second-order valence-electron chi connectivity index (χ2n) is 11.3. The molecule has 212 valence electrons. The van der Waals surface area contributed by atoms with Gasteiger partial charge < -0.3 is 4.90 Å². The highest BCUT2D eigenvalue weighted by molar-refractivity contribution is 7.26. The topological polar surface area (TPSA) is 3.24 Å². The number of hydrogen-bond acceptors (Lipinski definition) is 3. The van der Waals surface area contributed by atoms with Crippen LogP contribution in [0.1, 0.15) is 0 Å². The van der Waals surface area contributed by atoms with Crippen LogP contribution >= 0.6 is 22.7 Å². The highest BCUT2D eigenvalue weighted by atomic mass is 32.1. The van der Waals surface area contributed by atoms with Crippen LogP contribution in [0, 0.1) is 0 Å². The van der Waals surface area contributed by atoms with E-state index in [2.05, 4.69) is 169 Å². The van der Waals surface area contributed by atoms with Crippen molar-refractivity contribution < 1.29 is 0 Å². The van der Waals surface area contributed by atoms with E-state index in [9.17, 15) is 0 Å². The van der Waals surface area contributed by atoms with Crippen molar-refractivity contribution >= 4 is 80.1 Å². The van der Waals surface area contributed by atoms with Crippen LogP contribution in [-0.4, -0.2) is 0 Å². The third-order valence-electron chi connectivity index (χ3n) is 8.68. The minimum absolute atomic E-state index is 1.13. The van der Waals surface area contributed by atoms with Crippen molar-refractivity contribution in [2.45, 2.75) is 0 Å². The van der Waals surface area contributed by atoms with Crippen molar-refractivity contribution in [1.29, 1.82) is 0 Å². The highest BCUT2D eigenvalue weighted by Crippen LogP contribution is 2.50. The summed E-state index contributed by atoms with van der Waals surface area (Å²) in [7, 11) is 0. The van der Waals surface area contributed by atoms with Gasteiger partial charge in [0.2, 0.25) is 0 Å². The Morgan fingerprint density at radius 3 is 1.73 bits per heavy atom. The van der Waals surface area contributed by atoms with E-state index >= 15 is 0 Å². The lowest BCUT2D eigenvalue weighted by Gasteiger charge is -2.28. The maximum absolute atomic E-state index is 2.45. The van der Waals surface area contributed by atoms with Gasteiger partial charge in [-0.2, -0.15) is 0 Å². The van der Waals surface area contributed by atoms with Crippen LogP contribution in [0.2, 0.25) is 0 Å². The third-order valence-corrected chi connectivity index (χ3v) is 11.0. The standard InChI is InChI=1S/C42H27NS2/c1-3-12-28(13-4-1)33-26-27-35-34-16-7-9-19-37(34)45-42(35)41(33)43(30-14-5-2-6-15-30)31-24-22-29(23-25-31)32-18-11-21-39-40(32)36-17-8-10-20-38(36)44-39/h1-27H. The fraction of sp³-hybridized carbons (Fsp3) is 0. The molecular formula is C42H27NS2. The molecule has 7 aromatic carbocycles. The van der Waals surface area contributed by atoms with Crippen LogP contribution < -0.4 is 4.90 Å². The zero-order chi connectivity index (χ0) is 29.7. The van der Waals surface area contributed by atoms with E-state index in [1.165, 1.54) is 68.3 Å². The Morgan fingerprint density at radius 1 is 0.356 bits per heavy atom. The van der Waals surface area contributed by atoms with E-state index in [4.69, 9.17) is 0 Å². The Bertz CT molecular complexity index is 2470. The van der Waals surface area contributed by atoms with Gasteiger partial charge in [0.15, 0.2) is 0 Å². The normalized spacial score (nSPS) is 11.6. The van der Waals surface area contributed by atoms with E-state index in [1.54, 1.807) is 0 Å². The van der Waals surface area contributed by atoms with E-state index in [-0.39, 0.29) is 0 Å². The number of nitrogens with zero attached hydrogens (tertiary/aromatic N) is 1. The van der Waals surface area contributed by atoms with Crippen molar-refractivity contribution in [3.8, 4) is 22.3 Å². The van der Waals surface area contributed by atoms with Gasteiger partial charge >= 0.3 is 0 Å². The lowest BCUT2D eigenvalue weighted by molar-refractivity contribution is 1.30. The molecule has 3 heteroatoms. The van der Waals surface area contributed by atoms with Crippen LogP contribution in [0.15, 0.2) is 164 Å². The summed E-state index contributed by atoms with van der Waals surface area (Å²) in [5.74, 6) is 0. The summed E-state index contributed by atoms with van der Waals surface area (Å²) in [5.41, 5.74) is 8.42. The highest BCUT2D eigenvalue weighted by Gasteiger charge is 2.22. The van der Waals surface area contributed by atoms with Gasteiger partial charge in [0.25, 0.3) is 0 Å². The predicted octanol–water partition coefficient (Wildman–Crippen LogP) is 13.2. The van der Waals surface area contributed by atoms with Crippen molar-refractivity contribution in [3.05, 3.63) is 164 Å². The van der Waals surface area contributed by atoms with E-state index in [1.807, 2.05) is 22.7 Å². The van der Waals surface area contributed by atoms with Crippen LogP contribution in [0.25, 0.3) is 62.6 Å². The minimum atomic E-state index is 1.13. The van der Waals surface area contributed by atoms with E-state index < -0.39 is 0 Å². The SMILES string of the molecule is c1ccc(-c2ccc3c(sc4ccccc43)c2N(c2ccccc2)c2ccc(-c3cccc4sc5ccccc5c34)cc2)cc1. The summed E-state index contributed by atoms with van der Waals surface area (Å²) in [6.45, 7) is 0. The van der Waals surface area contributed by atoms with Crippen molar-refractivity contribution in [3.63, 3.8) is 0 Å². The first kappa shape index (κ1) is 26.2. The monoisotopic (exact) mass is 609 g/mol. The van der Waals surface area contributed by atoms with Crippen LogP contribution in [0.4, 0.5) is 17.1 Å². The quantitative estimate of drug-likeness (QED) is 0.188. The molecule has 1 nitrogen and oxygen atoms in total. The molecule has 0 aliphatic heterocycles. The van der Waals surface area contributed by atoms with E-state index in [0.29, 0.717) is 0 Å². The number of rotatable bonds is 5. The molecule has 0 amide bonds. The lowest BCUT2D eigenvalue weighted by atomic mass is 9.98. The molecule has 2 aromatic heterocycles. The van der Waals surface area contributed by atoms with E-state index in [0.717, 1.165) is 11.4 Å². The largest absolute Gasteiger partial charge is 0.308 e. The summed E-state index contributed by atoms with van der Waals surface area (Å²) in [5, 5.41) is 5.26. The van der Waals surface area contributed by atoms with Crippen LogP contribution in [-0.2, 0) is 0 Å². The van der Waals surface area contributed by atoms with Gasteiger partial charge in [-0.15, -0.1) is 22.7 Å². The Kier molecular flexibility index (Phi) is 6.26. The first-order valence-electron chi connectivity index (χ1n) is 15.2. The molecular weight excluding hydrogens is 583 g/mol. The minimum Gasteiger partial charge on any atom is -0.308 e. The van der Waals surface area contributed by atoms with Gasteiger partial charge in [0, 0.05) is 52.6 Å². The number of benzene rings is 7. The molecule has 9 aromatic rings. The van der Waals surface area contributed by atoms with Gasteiger partial charge in [-0.25, -0.2) is 0 Å². The molecule has 0 atom stereocenters. The van der Waals surface area contributed by atoms with Crippen molar-refractivity contribution in [2.75, 3.05) is 4.90 Å². The van der Waals surface area contributed by atoms with Gasteiger partial charge in [-0.05, 0) is 59.2 Å².